The summed E-state index contributed by atoms with van der Waals surface area (Å²) in [5, 5.41) is 9.36. The predicted octanol–water partition coefficient (Wildman–Crippen LogP) is 1.62. The van der Waals surface area contributed by atoms with Crippen LogP contribution in [0.15, 0.2) is 32.8 Å². The molecule has 0 atom stereocenters. The first kappa shape index (κ1) is 10.5. The zero-order valence-corrected chi connectivity index (χ0v) is 9.17. The first-order chi connectivity index (χ1) is 7.76. The number of hydrogen-bond donors (Lipinski definition) is 1. The Labute approximate surface area is 95.1 Å². The molecular weight excluding hydrogens is 226 g/mol. The van der Waals surface area contributed by atoms with Crippen LogP contribution in [0.5, 0.6) is 0 Å². The fraction of sp³-hybridized carbons (Fsp3) is 0.100. The quantitative estimate of drug-likeness (QED) is 0.629. The van der Waals surface area contributed by atoms with E-state index in [4.69, 9.17) is 9.68 Å². The van der Waals surface area contributed by atoms with E-state index in [0.717, 1.165) is 0 Å². The van der Waals surface area contributed by atoms with Gasteiger partial charge in [0.25, 0.3) is 5.56 Å². The lowest BCUT2D eigenvalue weighted by molar-refractivity contribution is 0.578. The number of nitrogens with zero attached hydrogens (tertiary/aromatic N) is 2. The van der Waals surface area contributed by atoms with Gasteiger partial charge >= 0.3 is 0 Å². The monoisotopic (exact) mass is 233 g/mol. The molecule has 2 aromatic rings. The molecule has 2 rings (SSSR count). The molecule has 0 aliphatic rings. The van der Waals surface area contributed by atoms with Crippen molar-refractivity contribution < 1.29 is 4.42 Å². The van der Waals surface area contributed by atoms with Crippen molar-refractivity contribution in [3.63, 3.8) is 0 Å². The van der Waals surface area contributed by atoms with Gasteiger partial charge < -0.3 is 9.40 Å². The van der Waals surface area contributed by atoms with Crippen LogP contribution >= 0.6 is 11.8 Å². The molecule has 0 radical (unpaired) electrons. The third-order valence-electron chi connectivity index (χ3n) is 1.96. The Hall–Kier alpha value is -2.00. The Bertz CT molecular complexity index is 596. The highest BCUT2D eigenvalue weighted by Crippen LogP contribution is 2.21. The summed E-state index contributed by atoms with van der Waals surface area (Å²) in [7, 11) is 0. The first-order valence-electron chi connectivity index (χ1n) is 4.38. The minimum atomic E-state index is -0.451. The highest BCUT2D eigenvalue weighted by atomic mass is 32.2. The predicted molar refractivity (Wildman–Crippen MR) is 59.1 cm³/mol. The van der Waals surface area contributed by atoms with Crippen LogP contribution < -0.4 is 5.56 Å². The van der Waals surface area contributed by atoms with Crippen LogP contribution in [0.4, 0.5) is 0 Å². The molecule has 0 saturated carbocycles. The number of thioether (sulfide) groups is 1. The minimum Gasteiger partial charge on any atom is -0.463 e. The van der Waals surface area contributed by atoms with Crippen molar-refractivity contribution in [2.75, 3.05) is 6.26 Å². The number of hydrogen-bond acceptors (Lipinski definition) is 5. The largest absolute Gasteiger partial charge is 0.463 e. The maximum absolute atomic E-state index is 11.6. The lowest BCUT2D eigenvalue weighted by Gasteiger charge is -2.01. The molecule has 0 bridgehead atoms. The standard InChI is InChI=1S/C10H7N3O2S/c1-16-10-12-8(7-3-2-4-15-7)6(5-11)9(14)13-10/h2-4H,1H3,(H,12,13,14). The van der Waals surface area contributed by atoms with Crippen LogP contribution in [-0.2, 0) is 0 Å². The van der Waals surface area contributed by atoms with Crippen molar-refractivity contribution in [1.29, 1.82) is 5.26 Å². The molecule has 2 heterocycles. The van der Waals surface area contributed by atoms with Crippen LogP contribution in [0.2, 0.25) is 0 Å². The maximum Gasteiger partial charge on any atom is 0.270 e. The molecule has 5 nitrogen and oxygen atoms in total. The van der Waals surface area contributed by atoms with Gasteiger partial charge in [0.1, 0.15) is 17.3 Å². The van der Waals surface area contributed by atoms with Gasteiger partial charge in [0.2, 0.25) is 0 Å². The maximum atomic E-state index is 11.6. The van der Waals surface area contributed by atoms with Crippen LogP contribution in [0, 0.1) is 11.3 Å². The second-order valence-electron chi connectivity index (χ2n) is 2.89. The molecule has 0 aliphatic carbocycles. The molecule has 2 aromatic heterocycles. The fourth-order valence-electron chi connectivity index (χ4n) is 1.24. The summed E-state index contributed by atoms with van der Waals surface area (Å²) in [6.07, 6.45) is 3.26. The van der Waals surface area contributed by atoms with Crippen molar-refractivity contribution in [2.24, 2.45) is 0 Å². The molecule has 6 heteroatoms. The van der Waals surface area contributed by atoms with Crippen LogP contribution in [0.25, 0.3) is 11.5 Å². The molecule has 0 aromatic carbocycles. The van der Waals surface area contributed by atoms with Crippen LogP contribution in [0.1, 0.15) is 5.56 Å². The number of H-pyrrole nitrogens is 1. The lowest BCUT2D eigenvalue weighted by atomic mass is 10.2. The van der Waals surface area contributed by atoms with Crippen molar-refractivity contribution in [1.82, 2.24) is 9.97 Å². The number of aromatic nitrogens is 2. The zero-order chi connectivity index (χ0) is 11.5. The Kier molecular flexibility index (Phi) is 2.79. The van der Waals surface area contributed by atoms with Gasteiger partial charge in [-0.15, -0.1) is 0 Å². The van der Waals surface area contributed by atoms with Gasteiger partial charge in [-0.1, -0.05) is 11.8 Å². The fourth-order valence-corrected chi connectivity index (χ4v) is 1.62. The Morgan fingerprint density at radius 2 is 2.44 bits per heavy atom. The highest BCUT2D eigenvalue weighted by molar-refractivity contribution is 7.98. The Balaban J connectivity index is 2.73. The van der Waals surface area contributed by atoms with Crippen molar-refractivity contribution in [2.45, 2.75) is 5.16 Å². The van der Waals surface area contributed by atoms with Crippen LogP contribution in [-0.4, -0.2) is 16.2 Å². The van der Waals surface area contributed by atoms with Crippen LogP contribution in [0.3, 0.4) is 0 Å². The van der Waals surface area contributed by atoms with Gasteiger partial charge in [0.05, 0.1) is 6.26 Å². The zero-order valence-electron chi connectivity index (χ0n) is 8.35. The van der Waals surface area contributed by atoms with E-state index in [0.29, 0.717) is 10.9 Å². The van der Waals surface area contributed by atoms with E-state index >= 15 is 0 Å². The number of nitriles is 1. The van der Waals surface area contributed by atoms with E-state index in [2.05, 4.69) is 9.97 Å². The lowest BCUT2D eigenvalue weighted by Crippen LogP contribution is -2.14. The van der Waals surface area contributed by atoms with E-state index in [1.807, 2.05) is 6.07 Å². The van der Waals surface area contributed by atoms with Gasteiger partial charge in [-0.2, -0.15) is 5.26 Å². The molecule has 80 valence electrons. The van der Waals surface area contributed by atoms with Gasteiger partial charge in [0, 0.05) is 0 Å². The van der Waals surface area contributed by atoms with Crippen molar-refractivity contribution in [3.05, 3.63) is 34.3 Å². The Morgan fingerprint density at radius 3 is 3.00 bits per heavy atom. The third-order valence-corrected chi connectivity index (χ3v) is 2.54. The van der Waals surface area contributed by atoms with Gasteiger partial charge in [-0.25, -0.2) is 4.98 Å². The first-order valence-corrected chi connectivity index (χ1v) is 5.61. The number of rotatable bonds is 2. The number of furan rings is 1. The summed E-state index contributed by atoms with van der Waals surface area (Å²) in [6.45, 7) is 0. The SMILES string of the molecule is CSc1nc(-c2ccco2)c(C#N)c(=O)[nH]1. The average molecular weight is 233 g/mol. The molecule has 0 unspecified atom stereocenters. The van der Waals surface area contributed by atoms with Gasteiger partial charge in [-0.3, -0.25) is 4.79 Å². The second kappa shape index (κ2) is 4.24. The molecule has 0 fully saturated rings. The number of aromatic amines is 1. The smallest absolute Gasteiger partial charge is 0.270 e. The van der Waals surface area contributed by atoms with Crippen molar-refractivity contribution in [3.8, 4) is 17.5 Å². The topological polar surface area (TPSA) is 82.7 Å². The number of nitrogens with one attached hydrogen (secondary N) is 1. The Morgan fingerprint density at radius 1 is 1.62 bits per heavy atom. The van der Waals surface area contributed by atoms with E-state index in [1.54, 1.807) is 18.4 Å². The highest BCUT2D eigenvalue weighted by Gasteiger charge is 2.14. The molecule has 0 saturated heterocycles. The molecule has 0 amide bonds. The normalized spacial score (nSPS) is 10.0. The summed E-state index contributed by atoms with van der Waals surface area (Å²) in [4.78, 5) is 18.2. The molecule has 1 N–H and O–H groups in total. The van der Waals surface area contributed by atoms with E-state index in [1.165, 1.54) is 18.0 Å². The molecular formula is C10H7N3O2S. The minimum absolute atomic E-state index is 0.0345. The second-order valence-corrected chi connectivity index (χ2v) is 3.68. The third kappa shape index (κ3) is 1.73. The van der Waals surface area contributed by atoms with Crippen molar-refractivity contribution >= 4 is 11.8 Å². The van der Waals surface area contributed by atoms with E-state index in [-0.39, 0.29) is 11.3 Å². The van der Waals surface area contributed by atoms with Gasteiger partial charge in [-0.05, 0) is 18.4 Å². The van der Waals surface area contributed by atoms with Gasteiger partial charge in [0.15, 0.2) is 10.9 Å². The molecule has 0 spiro atoms. The summed E-state index contributed by atoms with van der Waals surface area (Å²) >= 11 is 1.30. The van der Waals surface area contributed by atoms with E-state index in [9.17, 15) is 4.79 Å². The summed E-state index contributed by atoms with van der Waals surface area (Å²) in [6, 6.07) is 5.17. The summed E-state index contributed by atoms with van der Waals surface area (Å²) in [5.41, 5.74) is -0.207. The molecule has 16 heavy (non-hydrogen) atoms. The summed E-state index contributed by atoms with van der Waals surface area (Å²) in [5.74, 6) is 0.415. The molecule has 0 aliphatic heterocycles. The van der Waals surface area contributed by atoms with E-state index < -0.39 is 5.56 Å². The summed E-state index contributed by atoms with van der Waals surface area (Å²) < 4.78 is 5.14. The average Bonchev–Trinajstić information content (AvgIpc) is 2.81.